The van der Waals surface area contributed by atoms with Crippen LogP contribution in [0.1, 0.15) is 43.7 Å². The Morgan fingerprint density at radius 1 is 1.53 bits per heavy atom. The number of sulfone groups is 1. The van der Waals surface area contributed by atoms with Crippen molar-refractivity contribution in [3.05, 3.63) is 11.7 Å². The summed E-state index contributed by atoms with van der Waals surface area (Å²) in [4.78, 5) is 4.13. The van der Waals surface area contributed by atoms with Crippen molar-refractivity contribution in [2.45, 2.75) is 37.5 Å². The zero-order valence-corrected chi connectivity index (χ0v) is 11.0. The summed E-state index contributed by atoms with van der Waals surface area (Å²) >= 11 is 0. The number of nitrogens with two attached hydrogens (primary N) is 1. The highest BCUT2D eigenvalue weighted by Crippen LogP contribution is 2.43. The van der Waals surface area contributed by atoms with E-state index in [1.54, 1.807) is 0 Å². The Balaban J connectivity index is 2.27. The Labute approximate surface area is 100 Å². The largest absolute Gasteiger partial charge is 0.337 e. The first-order valence-corrected chi connectivity index (χ1v) is 7.50. The molecular formula is C10H17N3O3S. The Morgan fingerprint density at radius 2 is 2.12 bits per heavy atom. The summed E-state index contributed by atoms with van der Waals surface area (Å²) in [7, 11) is -3.22. The predicted octanol–water partition coefficient (Wildman–Crippen LogP) is 0.759. The van der Waals surface area contributed by atoms with E-state index >= 15 is 0 Å². The molecule has 2 unspecified atom stereocenters. The monoisotopic (exact) mass is 259 g/mol. The number of hydrogen-bond donors (Lipinski definition) is 1. The van der Waals surface area contributed by atoms with Crippen molar-refractivity contribution >= 4 is 9.84 Å². The van der Waals surface area contributed by atoms with Gasteiger partial charge in [-0.15, -0.1) is 0 Å². The van der Waals surface area contributed by atoms with Crippen molar-refractivity contribution < 1.29 is 12.9 Å². The van der Waals surface area contributed by atoms with E-state index in [0.29, 0.717) is 11.8 Å². The molecule has 2 rings (SSSR count). The molecule has 7 heteroatoms. The highest BCUT2D eigenvalue weighted by Gasteiger charge is 2.44. The van der Waals surface area contributed by atoms with Gasteiger partial charge in [0.15, 0.2) is 15.7 Å². The molecule has 0 spiro atoms. The lowest BCUT2D eigenvalue weighted by atomic mass is 9.97. The highest BCUT2D eigenvalue weighted by atomic mass is 32.2. The lowest BCUT2D eigenvalue weighted by Gasteiger charge is -2.18. The van der Waals surface area contributed by atoms with Crippen LogP contribution in [-0.2, 0) is 15.4 Å². The molecular weight excluding hydrogens is 242 g/mol. The quantitative estimate of drug-likeness (QED) is 0.857. The summed E-state index contributed by atoms with van der Waals surface area (Å²) in [6.45, 7) is 3.38. The third-order valence-electron chi connectivity index (χ3n) is 3.33. The molecule has 0 aromatic carbocycles. The molecule has 0 amide bonds. The fourth-order valence-corrected chi connectivity index (χ4v) is 2.15. The van der Waals surface area contributed by atoms with Crippen LogP contribution in [0.4, 0.5) is 0 Å². The molecule has 17 heavy (non-hydrogen) atoms. The van der Waals surface area contributed by atoms with Crippen molar-refractivity contribution in [3.8, 4) is 0 Å². The lowest BCUT2D eigenvalue weighted by molar-refractivity contribution is 0.272. The maximum atomic E-state index is 11.4. The van der Waals surface area contributed by atoms with Gasteiger partial charge in [0.2, 0.25) is 5.89 Å². The van der Waals surface area contributed by atoms with Crippen LogP contribution in [0.2, 0.25) is 0 Å². The molecule has 1 aliphatic rings. The van der Waals surface area contributed by atoms with E-state index in [0.717, 1.165) is 19.1 Å². The molecule has 0 saturated heterocycles. The van der Waals surface area contributed by atoms with Crippen LogP contribution in [0, 0.1) is 5.92 Å². The van der Waals surface area contributed by atoms with Gasteiger partial charge < -0.3 is 10.3 Å². The first kappa shape index (κ1) is 12.5. The van der Waals surface area contributed by atoms with E-state index in [2.05, 4.69) is 10.1 Å². The van der Waals surface area contributed by atoms with Gasteiger partial charge in [-0.05, 0) is 32.6 Å². The minimum absolute atomic E-state index is 0.180. The van der Waals surface area contributed by atoms with Gasteiger partial charge in [0.05, 0.1) is 5.54 Å². The van der Waals surface area contributed by atoms with Crippen LogP contribution < -0.4 is 5.73 Å². The summed E-state index contributed by atoms with van der Waals surface area (Å²) in [5.41, 5.74) is 5.47. The van der Waals surface area contributed by atoms with Gasteiger partial charge in [0, 0.05) is 6.26 Å². The minimum atomic E-state index is -3.22. The zero-order chi connectivity index (χ0) is 12.8. The SMILES string of the molecule is CC(c1noc(C(C)(N)C2CC2)n1)S(C)(=O)=O. The van der Waals surface area contributed by atoms with Crippen LogP contribution in [-0.4, -0.2) is 24.8 Å². The second kappa shape index (κ2) is 3.78. The maximum Gasteiger partial charge on any atom is 0.246 e. The van der Waals surface area contributed by atoms with E-state index in [1.807, 2.05) is 6.92 Å². The molecule has 2 N–H and O–H groups in total. The van der Waals surface area contributed by atoms with Crippen molar-refractivity contribution in [1.29, 1.82) is 0 Å². The first-order chi connectivity index (χ1) is 7.73. The standard InChI is InChI=1S/C10H17N3O3S/c1-6(17(3,14)15)8-12-9(16-13-8)10(2,11)7-4-5-7/h6-7H,4-5,11H2,1-3H3. The number of aromatic nitrogens is 2. The third-order valence-corrected chi connectivity index (χ3v) is 4.83. The molecule has 0 radical (unpaired) electrons. The van der Waals surface area contributed by atoms with Crippen LogP contribution >= 0.6 is 0 Å². The number of nitrogens with zero attached hydrogens (tertiary/aromatic N) is 2. The van der Waals surface area contributed by atoms with Crippen LogP contribution in [0.15, 0.2) is 4.52 Å². The summed E-state index contributed by atoms with van der Waals surface area (Å²) < 4.78 is 27.9. The molecule has 1 saturated carbocycles. The normalized spacial score (nSPS) is 22.1. The molecule has 1 aromatic heterocycles. The van der Waals surface area contributed by atoms with Gasteiger partial charge in [0.25, 0.3) is 0 Å². The van der Waals surface area contributed by atoms with Crippen molar-refractivity contribution in [3.63, 3.8) is 0 Å². The molecule has 1 heterocycles. The molecule has 6 nitrogen and oxygen atoms in total. The summed E-state index contributed by atoms with van der Waals surface area (Å²) in [6.07, 6.45) is 3.24. The fraction of sp³-hybridized carbons (Fsp3) is 0.800. The van der Waals surface area contributed by atoms with E-state index in [-0.39, 0.29) is 5.82 Å². The summed E-state index contributed by atoms with van der Waals surface area (Å²) in [5, 5.41) is 2.95. The Morgan fingerprint density at radius 3 is 2.59 bits per heavy atom. The first-order valence-electron chi connectivity index (χ1n) is 5.54. The fourth-order valence-electron chi connectivity index (χ4n) is 1.67. The molecule has 1 aliphatic carbocycles. The summed E-state index contributed by atoms with van der Waals surface area (Å²) in [6, 6.07) is 0. The van der Waals surface area contributed by atoms with Crippen molar-refractivity contribution in [2.24, 2.45) is 11.7 Å². The molecule has 1 aromatic rings. The Kier molecular flexibility index (Phi) is 2.78. The second-order valence-corrected chi connectivity index (χ2v) is 7.35. The Bertz CT molecular complexity index is 517. The molecule has 2 atom stereocenters. The van der Waals surface area contributed by atoms with Crippen LogP contribution in [0.5, 0.6) is 0 Å². The van der Waals surface area contributed by atoms with Gasteiger partial charge in [-0.1, -0.05) is 5.16 Å². The molecule has 0 aliphatic heterocycles. The van der Waals surface area contributed by atoms with E-state index < -0.39 is 20.6 Å². The maximum absolute atomic E-state index is 11.4. The smallest absolute Gasteiger partial charge is 0.246 e. The lowest BCUT2D eigenvalue weighted by Crippen LogP contribution is -2.35. The van der Waals surface area contributed by atoms with E-state index in [9.17, 15) is 8.42 Å². The number of rotatable bonds is 4. The Hall–Kier alpha value is -0.950. The van der Waals surface area contributed by atoms with Gasteiger partial charge >= 0.3 is 0 Å². The highest BCUT2D eigenvalue weighted by molar-refractivity contribution is 7.90. The van der Waals surface area contributed by atoms with Crippen molar-refractivity contribution in [2.75, 3.05) is 6.26 Å². The third kappa shape index (κ3) is 2.35. The van der Waals surface area contributed by atoms with Gasteiger partial charge in [0.1, 0.15) is 5.25 Å². The summed E-state index contributed by atoms with van der Waals surface area (Å²) in [5.74, 6) is 0.856. The van der Waals surface area contributed by atoms with Crippen LogP contribution in [0.3, 0.4) is 0 Å². The zero-order valence-electron chi connectivity index (χ0n) is 10.2. The molecule has 0 bridgehead atoms. The van der Waals surface area contributed by atoms with Gasteiger partial charge in [-0.25, -0.2) is 8.42 Å². The molecule has 96 valence electrons. The van der Waals surface area contributed by atoms with Gasteiger partial charge in [-0.3, -0.25) is 0 Å². The topological polar surface area (TPSA) is 99.1 Å². The minimum Gasteiger partial charge on any atom is -0.337 e. The predicted molar refractivity (Wildman–Crippen MR) is 61.8 cm³/mol. The second-order valence-electron chi connectivity index (χ2n) is 4.99. The average molecular weight is 259 g/mol. The van der Waals surface area contributed by atoms with Crippen molar-refractivity contribution in [1.82, 2.24) is 10.1 Å². The van der Waals surface area contributed by atoms with Crippen LogP contribution in [0.25, 0.3) is 0 Å². The molecule has 1 fully saturated rings. The van der Waals surface area contributed by atoms with Gasteiger partial charge in [-0.2, -0.15) is 4.98 Å². The number of hydrogen-bond acceptors (Lipinski definition) is 6. The van der Waals surface area contributed by atoms with E-state index in [4.69, 9.17) is 10.3 Å². The van der Waals surface area contributed by atoms with E-state index in [1.165, 1.54) is 6.92 Å². The average Bonchev–Trinajstić information content (AvgIpc) is 2.94.